The molecule has 22 heavy (non-hydrogen) atoms. The van der Waals surface area contributed by atoms with Gasteiger partial charge in [0, 0.05) is 0 Å². The van der Waals surface area contributed by atoms with Crippen LogP contribution in [0.15, 0.2) is 0 Å². The minimum absolute atomic E-state index is 0.455. The number of carbonyl (C=O) groups is 1. The number of unbranched alkanes of at least 4 members (excludes halogenated alkanes) is 13. The number of rotatable bonds is 16. The maximum atomic E-state index is 10.9. The molecule has 0 N–H and O–H groups in total. The van der Waals surface area contributed by atoms with Gasteiger partial charge in [-0.05, 0) is 24.4 Å². The van der Waals surface area contributed by atoms with Gasteiger partial charge in [-0.3, -0.25) is 4.79 Å². The first-order valence-corrected chi connectivity index (χ1v) is 10.2. The Kier molecular flexibility index (Phi) is 15.5. The van der Waals surface area contributed by atoms with Crippen LogP contribution in [0.4, 0.5) is 0 Å². The standard InChI is InChI=1S/C18H33Cl3O/c1-2-3-4-5-6-7-8-9-10-11-12-13-14-15-16-18(20,21)17(19)22/h2-16H2,1H3. The Morgan fingerprint density at radius 2 is 1.00 bits per heavy atom. The zero-order valence-electron chi connectivity index (χ0n) is 14.1. The molecule has 0 saturated heterocycles. The molecule has 0 saturated carbocycles. The molecule has 4 heteroatoms. The number of carbonyl (C=O) groups excluding carboxylic acids is 1. The molecule has 0 aliphatic heterocycles. The maximum absolute atomic E-state index is 10.9. The molecule has 0 amide bonds. The van der Waals surface area contributed by atoms with Gasteiger partial charge in [0.25, 0.3) is 5.24 Å². The molecule has 0 aromatic rings. The van der Waals surface area contributed by atoms with Crippen molar-refractivity contribution in [3.8, 4) is 0 Å². The van der Waals surface area contributed by atoms with Crippen molar-refractivity contribution < 1.29 is 4.79 Å². The van der Waals surface area contributed by atoms with Crippen molar-refractivity contribution >= 4 is 40.0 Å². The monoisotopic (exact) mass is 370 g/mol. The summed E-state index contributed by atoms with van der Waals surface area (Å²) in [5.74, 6) is 0. The largest absolute Gasteiger partial charge is 0.278 e. The quantitative estimate of drug-likeness (QED) is 0.154. The van der Waals surface area contributed by atoms with E-state index in [0.29, 0.717) is 6.42 Å². The van der Waals surface area contributed by atoms with Crippen LogP contribution >= 0.6 is 34.8 Å². The lowest BCUT2D eigenvalue weighted by atomic mass is 10.0. The normalized spacial score (nSPS) is 11.8. The van der Waals surface area contributed by atoms with Crippen LogP contribution < -0.4 is 0 Å². The topological polar surface area (TPSA) is 17.1 Å². The summed E-state index contributed by atoms with van der Waals surface area (Å²) in [6, 6.07) is 0. The van der Waals surface area contributed by atoms with E-state index in [0.717, 1.165) is 12.8 Å². The molecular formula is C18H33Cl3O. The zero-order chi connectivity index (χ0) is 16.7. The first-order valence-electron chi connectivity index (χ1n) is 9.08. The lowest BCUT2D eigenvalue weighted by Gasteiger charge is -2.13. The Morgan fingerprint density at radius 1 is 0.682 bits per heavy atom. The van der Waals surface area contributed by atoms with Crippen LogP contribution in [0.5, 0.6) is 0 Å². The SMILES string of the molecule is CCCCCCCCCCCCCCCCC(Cl)(Cl)C(=O)Cl. The number of hydrogen-bond acceptors (Lipinski definition) is 1. The summed E-state index contributed by atoms with van der Waals surface area (Å²) >= 11 is 16.9. The van der Waals surface area contributed by atoms with Crippen LogP contribution in [0, 0.1) is 0 Å². The van der Waals surface area contributed by atoms with E-state index in [1.165, 1.54) is 77.0 Å². The number of halogens is 3. The van der Waals surface area contributed by atoms with Gasteiger partial charge in [-0.25, -0.2) is 0 Å². The molecule has 0 aliphatic rings. The number of hydrogen-bond donors (Lipinski definition) is 0. The van der Waals surface area contributed by atoms with Gasteiger partial charge in [0.2, 0.25) is 0 Å². The van der Waals surface area contributed by atoms with Gasteiger partial charge in [0.15, 0.2) is 4.33 Å². The Balaban J connectivity index is 3.16. The Morgan fingerprint density at radius 3 is 1.32 bits per heavy atom. The lowest BCUT2D eigenvalue weighted by Crippen LogP contribution is -2.20. The highest BCUT2D eigenvalue weighted by molar-refractivity contribution is 6.78. The van der Waals surface area contributed by atoms with Crippen LogP contribution in [-0.4, -0.2) is 9.58 Å². The van der Waals surface area contributed by atoms with E-state index in [9.17, 15) is 4.79 Å². The van der Waals surface area contributed by atoms with Crippen molar-refractivity contribution in [1.82, 2.24) is 0 Å². The highest BCUT2D eigenvalue weighted by atomic mass is 35.5. The number of alkyl halides is 2. The van der Waals surface area contributed by atoms with Crippen molar-refractivity contribution in [3.63, 3.8) is 0 Å². The zero-order valence-corrected chi connectivity index (χ0v) is 16.4. The van der Waals surface area contributed by atoms with Gasteiger partial charge < -0.3 is 0 Å². The lowest BCUT2D eigenvalue weighted by molar-refractivity contribution is -0.112. The predicted octanol–water partition coefficient (Wildman–Crippen LogP) is 7.80. The van der Waals surface area contributed by atoms with E-state index in [1.54, 1.807) is 0 Å². The van der Waals surface area contributed by atoms with Crippen LogP contribution in [0.25, 0.3) is 0 Å². The second kappa shape index (κ2) is 15.1. The minimum atomic E-state index is -1.39. The molecule has 0 aromatic heterocycles. The highest BCUT2D eigenvalue weighted by Gasteiger charge is 2.30. The molecule has 0 heterocycles. The molecule has 0 rings (SSSR count). The van der Waals surface area contributed by atoms with Crippen molar-refractivity contribution in [2.45, 2.75) is 108 Å². The van der Waals surface area contributed by atoms with E-state index >= 15 is 0 Å². The summed E-state index contributed by atoms with van der Waals surface area (Å²) in [6.45, 7) is 2.26. The second-order valence-corrected chi connectivity index (χ2v) is 8.15. The summed E-state index contributed by atoms with van der Waals surface area (Å²) in [7, 11) is 0. The Hall–Kier alpha value is 0.540. The molecule has 0 radical (unpaired) electrons. The van der Waals surface area contributed by atoms with Crippen LogP contribution in [0.1, 0.15) is 103 Å². The Bertz CT molecular complexity index is 267. The molecule has 0 spiro atoms. The third kappa shape index (κ3) is 14.2. The van der Waals surface area contributed by atoms with E-state index in [4.69, 9.17) is 34.8 Å². The van der Waals surface area contributed by atoms with Crippen molar-refractivity contribution in [2.24, 2.45) is 0 Å². The van der Waals surface area contributed by atoms with E-state index in [-0.39, 0.29) is 0 Å². The van der Waals surface area contributed by atoms with Gasteiger partial charge in [0.05, 0.1) is 0 Å². The third-order valence-electron chi connectivity index (χ3n) is 4.13. The molecule has 0 atom stereocenters. The van der Waals surface area contributed by atoms with Gasteiger partial charge in [-0.2, -0.15) is 0 Å². The smallest absolute Gasteiger partial charge is 0.257 e. The molecule has 1 nitrogen and oxygen atoms in total. The summed E-state index contributed by atoms with van der Waals surface area (Å²) in [4.78, 5) is 10.9. The minimum Gasteiger partial charge on any atom is -0.278 e. The first-order chi connectivity index (χ1) is 10.5. The fraction of sp³-hybridized carbons (Fsp3) is 0.944. The van der Waals surface area contributed by atoms with Crippen molar-refractivity contribution in [3.05, 3.63) is 0 Å². The van der Waals surface area contributed by atoms with E-state index in [1.807, 2.05) is 0 Å². The van der Waals surface area contributed by atoms with Crippen LogP contribution in [-0.2, 0) is 4.79 Å². The Labute approximate surface area is 152 Å². The van der Waals surface area contributed by atoms with Crippen molar-refractivity contribution in [1.29, 1.82) is 0 Å². The molecule has 0 aromatic carbocycles. The maximum Gasteiger partial charge on any atom is 0.257 e. The molecule has 0 aliphatic carbocycles. The summed E-state index contributed by atoms with van der Waals surface area (Å²) in [5, 5.41) is -0.662. The van der Waals surface area contributed by atoms with Crippen LogP contribution in [0.2, 0.25) is 0 Å². The fourth-order valence-electron chi connectivity index (χ4n) is 2.64. The predicted molar refractivity (Wildman–Crippen MR) is 100 cm³/mol. The molecule has 0 bridgehead atoms. The van der Waals surface area contributed by atoms with E-state index < -0.39 is 9.58 Å². The highest BCUT2D eigenvalue weighted by Crippen LogP contribution is 2.30. The van der Waals surface area contributed by atoms with Crippen LogP contribution in [0.3, 0.4) is 0 Å². The van der Waals surface area contributed by atoms with Crippen molar-refractivity contribution in [2.75, 3.05) is 0 Å². The summed E-state index contributed by atoms with van der Waals surface area (Å²) < 4.78 is -1.39. The first kappa shape index (κ1) is 22.5. The molecule has 0 fully saturated rings. The summed E-state index contributed by atoms with van der Waals surface area (Å²) in [5.41, 5.74) is 0. The second-order valence-electron chi connectivity index (χ2n) is 6.32. The average molecular weight is 372 g/mol. The molecule has 132 valence electrons. The molecule has 0 unspecified atom stereocenters. The third-order valence-corrected chi connectivity index (χ3v) is 5.37. The average Bonchev–Trinajstić information content (AvgIpc) is 2.47. The fourth-order valence-corrected chi connectivity index (χ4v) is 3.00. The van der Waals surface area contributed by atoms with E-state index in [2.05, 4.69) is 6.92 Å². The summed E-state index contributed by atoms with van der Waals surface area (Å²) in [6.07, 6.45) is 18.7. The van der Waals surface area contributed by atoms with Gasteiger partial charge in [-0.1, -0.05) is 114 Å². The van der Waals surface area contributed by atoms with Gasteiger partial charge in [0.1, 0.15) is 0 Å². The van der Waals surface area contributed by atoms with Gasteiger partial charge >= 0.3 is 0 Å². The van der Waals surface area contributed by atoms with Gasteiger partial charge in [-0.15, -0.1) is 0 Å². The molecular weight excluding hydrogens is 339 g/mol.